The fourth-order valence-electron chi connectivity index (χ4n) is 3.50. The van der Waals surface area contributed by atoms with Gasteiger partial charge in [-0.15, -0.1) is 0 Å². The Labute approximate surface area is 175 Å². The molecule has 2 aromatic carbocycles. The number of benzene rings is 2. The van der Waals surface area contributed by atoms with Gasteiger partial charge in [-0.25, -0.2) is 5.10 Å². The largest absolute Gasteiger partial charge is 0.494 e. The van der Waals surface area contributed by atoms with Gasteiger partial charge in [0.15, 0.2) is 5.82 Å². The summed E-state index contributed by atoms with van der Waals surface area (Å²) in [7, 11) is 0. The van der Waals surface area contributed by atoms with Crippen LogP contribution in [0.25, 0.3) is 11.4 Å². The van der Waals surface area contributed by atoms with Crippen LogP contribution in [0.5, 0.6) is 5.75 Å². The number of aromatic nitrogens is 3. The smallest absolute Gasteiger partial charge is 0.216 e. The van der Waals surface area contributed by atoms with Crippen molar-refractivity contribution in [2.24, 2.45) is 5.10 Å². The second kappa shape index (κ2) is 9.05. The third-order valence-corrected chi connectivity index (χ3v) is 5.27. The minimum absolute atomic E-state index is 0.454. The first-order valence-electron chi connectivity index (χ1n) is 10.0. The zero-order chi connectivity index (χ0) is 20.1. The van der Waals surface area contributed by atoms with E-state index < -0.39 is 0 Å². The maximum atomic E-state index is 5.50. The number of anilines is 1. The summed E-state index contributed by atoms with van der Waals surface area (Å²) in [6.45, 7) is 4.89. The Morgan fingerprint density at radius 2 is 1.79 bits per heavy atom. The predicted molar refractivity (Wildman–Crippen MR) is 120 cm³/mol. The Balaban J connectivity index is 1.52. The molecule has 1 N–H and O–H groups in total. The van der Waals surface area contributed by atoms with Gasteiger partial charge in [0.05, 0.1) is 12.8 Å². The zero-order valence-electron chi connectivity index (χ0n) is 16.5. The topological polar surface area (TPSA) is 58.4 Å². The molecule has 4 rings (SSSR count). The Hall–Kier alpha value is -2.93. The average Bonchev–Trinajstić information content (AvgIpc) is 3.14. The summed E-state index contributed by atoms with van der Waals surface area (Å²) in [6.07, 6.45) is 5.69. The van der Waals surface area contributed by atoms with E-state index in [0.717, 1.165) is 30.0 Å². The maximum Gasteiger partial charge on any atom is 0.216 e. The number of H-pyrrole nitrogens is 1. The van der Waals surface area contributed by atoms with Crippen LogP contribution in [0.2, 0.25) is 0 Å². The third kappa shape index (κ3) is 4.56. The molecule has 1 aliphatic heterocycles. The lowest BCUT2D eigenvalue weighted by Crippen LogP contribution is -2.29. The fourth-order valence-corrected chi connectivity index (χ4v) is 3.68. The Bertz CT molecular complexity index is 1010. The highest BCUT2D eigenvalue weighted by molar-refractivity contribution is 7.71. The summed E-state index contributed by atoms with van der Waals surface area (Å²) in [6, 6.07) is 16.3. The second-order valence-electron chi connectivity index (χ2n) is 7.01. The Morgan fingerprint density at radius 1 is 1.07 bits per heavy atom. The van der Waals surface area contributed by atoms with E-state index in [0.29, 0.717) is 17.2 Å². The molecular formula is C22H25N5OS. The van der Waals surface area contributed by atoms with Crippen molar-refractivity contribution in [1.29, 1.82) is 0 Å². The van der Waals surface area contributed by atoms with Gasteiger partial charge in [-0.2, -0.15) is 14.9 Å². The van der Waals surface area contributed by atoms with Crippen molar-refractivity contribution in [3.63, 3.8) is 0 Å². The molecule has 0 saturated carbocycles. The zero-order valence-corrected chi connectivity index (χ0v) is 17.4. The monoisotopic (exact) mass is 407 g/mol. The van der Waals surface area contributed by atoms with Gasteiger partial charge in [0.1, 0.15) is 5.75 Å². The van der Waals surface area contributed by atoms with Crippen molar-refractivity contribution >= 4 is 24.1 Å². The lowest BCUT2D eigenvalue weighted by atomic mass is 10.1. The number of hydrogen-bond acceptors (Lipinski definition) is 5. The van der Waals surface area contributed by atoms with Gasteiger partial charge in [-0.05, 0) is 80.4 Å². The Morgan fingerprint density at radius 3 is 2.48 bits per heavy atom. The van der Waals surface area contributed by atoms with Crippen LogP contribution in [0, 0.1) is 4.77 Å². The molecular weight excluding hydrogens is 382 g/mol. The summed E-state index contributed by atoms with van der Waals surface area (Å²) in [5.41, 5.74) is 3.21. The van der Waals surface area contributed by atoms with Gasteiger partial charge in [0.2, 0.25) is 4.77 Å². The van der Waals surface area contributed by atoms with Crippen LogP contribution in [-0.4, -0.2) is 40.8 Å². The fraction of sp³-hybridized carbons (Fsp3) is 0.318. The lowest BCUT2D eigenvalue weighted by molar-refractivity contribution is 0.340. The summed E-state index contributed by atoms with van der Waals surface area (Å²) in [5.74, 6) is 1.49. The summed E-state index contributed by atoms with van der Waals surface area (Å²) in [4.78, 5) is 2.45. The second-order valence-corrected chi connectivity index (χ2v) is 7.39. The van der Waals surface area contributed by atoms with E-state index in [4.69, 9.17) is 17.0 Å². The van der Waals surface area contributed by atoms with E-state index in [1.165, 1.54) is 24.9 Å². The molecule has 0 spiro atoms. The quantitative estimate of drug-likeness (QED) is 0.467. The average molecular weight is 408 g/mol. The standard InChI is InChI=1S/C22H25N5OS/c1-2-28-20-12-8-18(9-13-20)21-24-25-22(29)27(21)23-16-17-6-10-19(11-7-17)26-14-4-3-5-15-26/h6-13,16H,2-5,14-15H2,1H3,(H,25,29)/b23-16-. The molecule has 2 heterocycles. The van der Waals surface area contributed by atoms with E-state index >= 15 is 0 Å². The molecule has 150 valence electrons. The Kier molecular flexibility index (Phi) is 6.05. The first-order valence-corrected chi connectivity index (χ1v) is 10.5. The highest BCUT2D eigenvalue weighted by Gasteiger charge is 2.11. The normalized spacial score (nSPS) is 14.4. The van der Waals surface area contributed by atoms with Crippen molar-refractivity contribution in [3.05, 3.63) is 58.9 Å². The van der Waals surface area contributed by atoms with Crippen molar-refractivity contribution in [2.45, 2.75) is 26.2 Å². The molecule has 0 aliphatic carbocycles. The van der Waals surface area contributed by atoms with Crippen LogP contribution in [-0.2, 0) is 0 Å². The molecule has 29 heavy (non-hydrogen) atoms. The van der Waals surface area contributed by atoms with Gasteiger partial charge < -0.3 is 9.64 Å². The van der Waals surface area contributed by atoms with Crippen LogP contribution < -0.4 is 9.64 Å². The van der Waals surface area contributed by atoms with Crippen molar-refractivity contribution < 1.29 is 4.74 Å². The van der Waals surface area contributed by atoms with Gasteiger partial charge in [0.25, 0.3) is 0 Å². The van der Waals surface area contributed by atoms with Crippen molar-refractivity contribution in [1.82, 2.24) is 14.9 Å². The third-order valence-electron chi connectivity index (χ3n) is 5.01. The molecule has 0 bridgehead atoms. The summed E-state index contributed by atoms with van der Waals surface area (Å²) >= 11 is 5.36. The molecule has 7 heteroatoms. The molecule has 6 nitrogen and oxygen atoms in total. The van der Waals surface area contributed by atoms with E-state index in [1.807, 2.05) is 37.4 Å². The van der Waals surface area contributed by atoms with E-state index in [2.05, 4.69) is 44.5 Å². The first-order chi connectivity index (χ1) is 14.2. The minimum Gasteiger partial charge on any atom is -0.494 e. The number of piperidine rings is 1. The minimum atomic E-state index is 0.454. The first kappa shape index (κ1) is 19.4. The molecule has 1 aromatic heterocycles. The predicted octanol–water partition coefficient (Wildman–Crippen LogP) is 4.88. The SMILES string of the molecule is CCOc1ccc(-c2n[nH]c(=S)n2/N=C\c2ccc(N3CCCCC3)cc2)cc1. The van der Waals surface area contributed by atoms with Crippen LogP contribution >= 0.6 is 12.2 Å². The lowest BCUT2D eigenvalue weighted by Gasteiger charge is -2.28. The molecule has 1 fully saturated rings. The number of ether oxygens (including phenoxy) is 1. The maximum absolute atomic E-state index is 5.50. The number of aromatic amines is 1. The van der Waals surface area contributed by atoms with Gasteiger partial charge in [-0.3, -0.25) is 0 Å². The molecule has 0 unspecified atom stereocenters. The molecule has 3 aromatic rings. The molecule has 1 saturated heterocycles. The highest BCUT2D eigenvalue weighted by Crippen LogP contribution is 2.22. The van der Waals surface area contributed by atoms with Crippen molar-refractivity contribution in [2.75, 3.05) is 24.6 Å². The van der Waals surface area contributed by atoms with Gasteiger partial charge in [0, 0.05) is 24.3 Å². The number of rotatable bonds is 6. The van der Waals surface area contributed by atoms with Crippen LogP contribution in [0.1, 0.15) is 31.7 Å². The van der Waals surface area contributed by atoms with E-state index in [-0.39, 0.29) is 0 Å². The van der Waals surface area contributed by atoms with E-state index in [1.54, 1.807) is 4.68 Å². The van der Waals surface area contributed by atoms with Crippen LogP contribution in [0.15, 0.2) is 53.6 Å². The number of hydrogen-bond donors (Lipinski definition) is 1. The molecule has 0 amide bonds. The number of nitrogens with zero attached hydrogens (tertiary/aromatic N) is 4. The number of nitrogens with one attached hydrogen (secondary N) is 1. The van der Waals surface area contributed by atoms with E-state index in [9.17, 15) is 0 Å². The molecule has 0 atom stereocenters. The highest BCUT2D eigenvalue weighted by atomic mass is 32.1. The van der Waals surface area contributed by atoms with Crippen LogP contribution in [0.3, 0.4) is 0 Å². The molecule has 0 radical (unpaired) electrons. The van der Waals surface area contributed by atoms with Gasteiger partial charge >= 0.3 is 0 Å². The van der Waals surface area contributed by atoms with Gasteiger partial charge in [-0.1, -0.05) is 12.1 Å². The summed E-state index contributed by atoms with van der Waals surface area (Å²) < 4.78 is 7.60. The van der Waals surface area contributed by atoms with Crippen molar-refractivity contribution in [3.8, 4) is 17.1 Å². The summed E-state index contributed by atoms with van der Waals surface area (Å²) in [5, 5.41) is 11.7. The molecule has 1 aliphatic rings. The van der Waals surface area contributed by atoms with Crippen LogP contribution in [0.4, 0.5) is 5.69 Å².